The lowest BCUT2D eigenvalue weighted by Crippen LogP contribution is -2.27. The van der Waals surface area contributed by atoms with Gasteiger partial charge in [-0.15, -0.1) is 0 Å². The van der Waals surface area contributed by atoms with Gasteiger partial charge in [-0.05, 0) is 0 Å². The van der Waals surface area contributed by atoms with Gasteiger partial charge in [0.05, 0.1) is 11.2 Å². The molecule has 15 heavy (non-hydrogen) atoms. The van der Waals surface area contributed by atoms with Crippen molar-refractivity contribution >= 4 is 27.2 Å². The van der Waals surface area contributed by atoms with E-state index in [0.29, 0.717) is 6.42 Å². The van der Waals surface area contributed by atoms with Crippen LogP contribution in [0.1, 0.15) is 6.42 Å². The van der Waals surface area contributed by atoms with E-state index in [9.17, 15) is 8.42 Å². The van der Waals surface area contributed by atoms with E-state index in [4.69, 9.17) is 5.73 Å². The molecule has 0 aliphatic carbocycles. The molecule has 0 bridgehead atoms. The molecule has 0 aliphatic heterocycles. The van der Waals surface area contributed by atoms with Gasteiger partial charge in [0.2, 0.25) is 10.0 Å². The first kappa shape index (κ1) is 12.1. The van der Waals surface area contributed by atoms with E-state index < -0.39 is 10.0 Å². The van der Waals surface area contributed by atoms with Crippen LogP contribution >= 0.6 is 12.2 Å². The molecule has 1 rings (SSSR count). The van der Waals surface area contributed by atoms with Crippen molar-refractivity contribution in [3.05, 3.63) is 12.4 Å². The fraction of sp³-hybridized carbons (Fsp3) is 0.429. The van der Waals surface area contributed by atoms with Crippen LogP contribution in [-0.4, -0.2) is 29.7 Å². The van der Waals surface area contributed by atoms with Crippen molar-refractivity contribution in [2.24, 2.45) is 12.8 Å². The van der Waals surface area contributed by atoms with Crippen molar-refractivity contribution in [1.82, 2.24) is 14.5 Å². The van der Waals surface area contributed by atoms with Crippen LogP contribution in [0.3, 0.4) is 0 Å². The average Bonchev–Trinajstić information content (AvgIpc) is 2.51. The third-order valence-corrected chi connectivity index (χ3v) is 3.27. The predicted molar refractivity (Wildman–Crippen MR) is 59.8 cm³/mol. The van der Waals surface area contributed by atoms with E-state index >= 15 is 0 Å². The SMILES string of the molecule is Cn1cc(S(=O)(=O)NCCC(N)=S)cn1. The van der Waals surface area contributed by atoms with Crippen LogP contribution in [0.2, 0.25) is 0 Å². The molecule has 0 aromatic carbocycles. The van der Waals surface area contributed by atoms with Crippen molar-refractivity contribution in [3.8, 4) is 0 Å². The van der Waals surface area contributed by atoms with Crippen LogP contribution in [0, 0.1) is 0 Å². The fourth-order valence-electron chi connectivity index (χ4n) is 0.929. The minimum Gasteiger partial charge on any atom is -0.393 e. The topological polar surface area (TPSA) is 90.0 Å². The molecule has 1 heterocycles. The predicted octanol–water partition coefficient (Wildman–Crippen LogP) is -0.625. The second-order valence-corrected chi connectivity index (χ2v) is 5.26. The lowest BCUT2D eigenvalue weighted by atomic mass is 10.4. The zero-order valence-corrected chi connectivity index (χ0v) is 9.81. The first-order valence-corrected chi connectivity index (χ1v) is 6.07. The van der Waals surface area contributed by atoms with E-state index in [1.807, 2.05) is 0 Å². The minimum absolute atomic E-state index is 0.132. The number of rotatable bonds is 5. The maximum Gasteiger partial charge on any atom is 0.243 e. The molecule has 0 saturated carbocycles. The molecule has 0 radical (unpaired) electrons. The number of aryl methyl sites for hydroxylation is 1. The fourth-order valence-corrected chi connectivity index (χ4v) is 2.05. The average molecular weight is 248 g/mol. The second kappa shape index (κ2) is 4.69. The lowest BCUT2D eigenvalue weighted by Gasteiger charge is -2.02. The molecule has 0 atom stereocenters. The third kappa shape index (κ3) is 3.57. The Kier molecular flexibility index (Phi) is 3.77. The van der Waals surface area contributed by atoms with Gasteiger partial charge in [0.1, 0.15) is 4.90 Å². The molecule has 0 unspecified atom stereocenters. The monoisotopic (exact) mass is 248 g/mol. The smallest absolute Gasteiger partial charge is 0.243 e. The molecule has 0 spiro atoms. The highest BCUT2D eigenvalue weighted by Gasteiger charge is 2.14. The molecular formula is C7H12N4O2S2. The molecule has 84 valence electrons. The number of nitrogens with two attached hydrogens (primary N) is 1. The Morgan fingerprint density at radius 2 is 2.40 bits per heavy atom. The van der Waals surface area contributed by atoms with Crippen LogP contribution in [0.25, 0.3) is 0 Å². The van der Waals surface area contributed by atoms with Gasteiger partial charge < -0.3 is 5.73 Å². The van der Waals surface area contributed by atoms with Gasteiger partial charge in [0.25, 0.3) is 0 Å². The molecule has 8 heteroatoms. The van der Waals surface area contributed by atoms with Gasteiger partial charge in [-0.2, -0.15) is 5.10 Å². The Balaban J connectivity index is 2.64. The van der Waals surface area contributed by atoms with E-state index in [1.165, 1.54) is 17.1 Å². The van der Waals surface area contributed by atoms with Crippen molar-refractivity contribution in [2.45, 2.75) is 11.3 Å². The molecule has 6 nitrogen and oxygen atoms in total. The van der Waals surface area contributed by atoms with Crippen molar-refractivity contribution in [3.63, 3.8) is 0 Å². The summed E-state index contributed by atoms with van der Waals surface area (Å²) in [6.07, 6.45) is 3.04. The largest absolute Gasteiger partial charge is 0.393 e. The quantitative estimate of drug-likeness (QED) is 0.677. The summed E-state index contributed by atoms with van der Waals surface area (Å²) in [6, 6.07) is 0. The molecule has 3 N–H and O–H groups in total. The molecule has 0 fully saturated rings. The van der Waals surface area contributed by atoms with Crippen molar-refractivity contribution < 1.29 is 8.42 Å². The van der Waals surface area contributed by atoms with E-state index in [-0.39, 0.29) is 16.4 Å². The van der Waals surface area contributed by atoms with Crippen LogP contribution in [0.5, 0.6) is 0 Å². The van der Waals surface area contributed by atoms with Crippen LogP contribution in [0.15, 0.2) is 17.3 Å². The highest BCUT2D eigenvalue weighted by atomic mass is 32.2. The van der Waals surface area contributed by atoms with Gasteiger partial charge in [0, 0.05) is 26.2 Å². The zero-order chi connectivity index (χ0) is 11.5. The standard InChI is InChI=1S/C7H12N4O2S2/c1-11-5-6(4-9-11)15(12,13)10-3-2-7(8)14/h4-5,10H,2-3H2,1H3,(H2,8,14). The molecule has 0 amide bonds. The Labute approximate surface area is 93.5 Å². The second-order valence-electron chi connectivity index (χ2n) is 2.96. The summed E-state index contributed by atoms with van der Waals surface area (Å²) in [7, 11) is -1.84. The highest BCUT2D eigenvalue weighted by molar-refractivity contribution is 7.89. The number of hydrogen-bond acceptors (Lipinski definition) is 4. The lowest BCUT2D eigenvalue weighted by molar-refractivity contribution is 0.582. The Morgan fingerprint density at radius 1 is 1.73 bits per heavy atom. The number of nitrogens with one attached hydrogen (secondary N) is 1. The Morgan fingerprint density at radius 3 is 2.87 bits per heavy atom. The van der Waals surface area contributed by atoms with Gasteiger partial charge in [-0.3, -0.25) is 4.68 Å². The molecule has 0 aliphatic rings. The van der Waals surface area contributed by atoms with Crippen LogP contribution in [0.4, 0.5) is 0 Å². The summed E-state index contributed by atoms with van der Waals surface area (Å²) >= 11 is 4.63. The highest BCUT2D eigenvalue weighted by Crippen LogP contribution is 2.05. The maximum absolute atomic E-state index is 11.6. The van der Waals surface area contributed by atoms with E-state index in [1.54, 1.807) is 7.05 Å². The number of thiocarbonyl (C=S) groups is 1. The first-order valence-electron chi connectivity index (χ1n) is 4.18. The summed E-state index contributed by atoms with van der Waals surface area (Å²) in [5.41, 5.74) is 5.24. The summed E-state index contributed by atoms with van der Waals surface area (Å²) in [5, 5.41) is 3.77. The third-order valence-electron chi connectivity index (χ3n) is 1.65. The van der Waals surface area contributed by atoms with Crippen LogP contribution in [-0.2, 0) is 17.1 Å². The van der Waals surface area contributed by atoms with Gasteiger partial charge in [-0.1, -0.05) is 12.2 Å². The summed E-state index contributed by atoms with van der Waals surface area (Å²) < 4.78 is 26.9. The van der Waals surface area contributed by atoms with Gasteiger partial charge in [-0.25, -0.2) is 13.1 Å². The molecule has 0 saturated heterocycles. The number of hydrogen-bond donors (Lipinski definition) is 2. The van der Waals surface area contributed by atoms with Crippen molar-refractivity contribution in [1.29, 1.82) is 0 Å². The van der Waals surface area contributed by atoms with Crippen LogP contribution < -0.4 is 10.5 Å². The summed E-state index contributed by atoms with van der Waals surface area (Å²) in [6.45, 7) is 0.201. The maximum atomic E-state index is 11.6. The first-order chi connectivity index (χ1) is 6.92. The number of sulfonamides is 1. The zero-order valence-electron chi connectivity index (χ0n) is 8.17. The molecule has 1 aromatic rings. The Bertz CT molecular complexity index is 451. The summed E-state index contributed by atoms with van der Waals surface area (Å²) in [4.78, 5) is 0.414. The molecular weight excluding hydrogens is 236 g/mol. The van der Waals surface area contributed by atoms with E-state index in [0.717, 1.165) is 0 Å². The van der Waals surface area contributed by atoms with Crippen molar-refractivity contribution in [2.75, 3.05) is 6.54 Å². The minimum atomic E-state index is -3.48. The number of nitrogens with zero attached hydrogens (tertiary/aromatic N) is 2. The normalized spacial score (nSPS) is 11.5. The van der Waals surface area contributed by atoms with Gasteiger partial charge >= 0.3 is 0 Å². The number of aromatic nitrogens is 2. The van der Waals surface area contributed by atoms with E-state index in [2.05, 4.69) is 22.0 Å². The Hall–Kier alpha value is -0.990. The van der Waals surface area contributed by atoms with Gasteiger partial charge in [0.15, 0.2) is 0 Å². The molecule has 1 aromatic heterocycles. The summed E-state index contributed by atoms with van der Waals surface area (Å²) in [5.74, 6) is 0.